The summed E-state index contributed by atoms with van der Waals surface area (Å²) in [6.07, 6.45) is 1.88. The van der Waals surface area contributed by atoms with Gasteiger partial charge in [-0.25, -0.2) is 0 Å². The van der Waals surface area contributed by atoms with Gasteiger partial charge in [0.2, 0.25) is 0 Å². The number of fused-ring (bicyclic) bond motifs is 1. The molecule has 1 aromatic heterocycles. The average molecular weight is 343 g/mol. The van der Waals surface area contributed by atoms with Crippen LogP contribution in [0.25, 0.3) is 10.9 Å². The van der Waals surface area contributed by atoms with Crippen LogP contribution in [-0.4, -0.2) is 22.8 Å². The van der Waals surface area contributed by atoms with Crippen molar-refractivity contribution in [2.24, 2.45) is 0 Å². The minimum Gasteiger partial charge on any atom is -0.361 e. The van der Waals surface area contributed by atoms with Crippen LogP contribution in [-0.2, 0) is 6.54 Å². The predicted octanol–water partition coefficient (Wildman–Crippen LogP) is 4.20. The Hall–Kier alpha value is -2.07. The second-order valence-electron chi connectivity index (χ2n) is 5.03. The number of nitrogens with zero attached hydrogens (tertiary/aromatic N) is 1. The van der Waals surface area contributed by atoms with Crippen LogP contribution in [0, 0.1) is 0 Å². The highest BCUT2D eigenvalue weighted by Crippen LogP contribution is 2.19. The summed E-state index contributed by atoms with van der Waals surface area (Å²) in [6.45, 7) is 0.575. The fraction of sp³-hybridized carbons (Fsp3) is 0.118. The molecule has 21 heavy (non-hydrogen) atoms. The molecular formula is C17H15BrN2O. The van der Waals surface area contributed by atoms with Crippen LogP contribution >= 0.6 is 15.9 Å². The molecule has 1 amide bonds. The van der Waals surface area contributed by atoms with Crippen molar-refractivity contribution in [2.75, 3.05) is 7.05 Å². The van der Waals surface area contributed by atoms with E-state index in [0.717, 1.165) is 20.9 Å². The summed E-state index contributed by atoms with van der Waals surface area (Å²) < 4.78 is 1.02. The summed E-state index contributed by atoms with van der Waals surface area (Å²) in [5, 5.41) is 1.05. The Labute approximate surface area is 131 Å². The van der Waals surface area contributed by atoms with Gasteiger partial charge < -0.3 is 9.88 Å². The summed E-state index contributed by atoms with van der Waals surface area (Å²) in [5.74, 6) is 0.0221. The molecule has 0 spiro atoms. The van der Waals surface area contributed by atoms with Crippen LogP contribution < -0.4 is 0 Å². The molecule has 106 valence electrons. The molecule has 0 bridgehead atoms. The van der Waals surface area contributed by atoms with Crippen molar-refractivity contribution in [3.05, 3.63) is 70.3 Å². The predicted molar refractivity (Wildman–Crippen MR) is 88.2 cm³/mol. The van der Waals surface area contributed by atoms with Gasteiger partial charge >= 0.3 is 0 Å². The van der Waals surface area contributed by atoms with Gasteiger partial charge in [-0.3, -0.25) is 4.79 Å². The van der Waals surface area contributed by atoms with E-state index in [9.17, 15) is 4.79 Å². The SMILES string of the molecule is CN(Cc1ccccc1Br)C(=O)c1ccc2[nH]ccc2c1. The van der Waals surface area contributed by atoms with Gasteiger partial charge in [-0.05, 0) is 35.9 Å². The first kappa shape index (κ1) is 13.9. The van der Waals surface area contributed by atoms with Gasteiger partial charge in [0.25, 0.3) is 5.91 Å². The summed E-state index contributed by atoms with van der Waals surface area (Å²) in [5.41, 5.74) is 2.84. The van der Waals surface area contributed by atoms with E-state index >= 15 is 0 Å². The van der Waals surface area contributed by atoms with Crippen LogP contribution in [0.3, 0.4) is 0 Å². The first-order valence-corrected chi connectivity index (χ1v) is 7.50. The maximum Gasteiger partial charge on any atom is 0.253 e. The fourth-order valence-electron chi connectivity index (χ4n) is 2.36. The number of carbonyl (C=O) groups is 1. The number of H-pyrrole nitrogens is 1. The Morgan fingerprint density at radius 3 is 2.81 bits per heavy atom. The van der Waals surface area contributed by atoms with Crippen molar-refractivity contribution >= 4 is 32.7 Å². The molecule has 0 atom stereocenters. The fourth-order valence-corrected chi connectivity index (χ4v) is 2.77. The molecule has 0 aliphatic rings. The third-order valence-electron chi connectivity index (χ3n) is 3.51. The standard InChI is InChI=1S/C17H15BrN2O/c1-20(11-14-4-2-3-5-15(14)18)17(21)13-6-7-16-12(10-13)8-9-19-16/h2-10,19H,11H2,1H3. The highest BCUT2D eigenvalue weighted by molar-refractivity contribution is 9.10. The number of carbonyl (C=O) groups excluding carboxylic acids is 1. The van der Waals surface area contributed by atoms with Gasteiger partial charge in [-0.15, -0.1) is 0 Å². The summed E-state index contributed by atoms with van der Waals surface area (Å²) in [6, 6.07) is 15.6. The number of aromatic nitrogens is 1. The molecule has 4 heteroatoms. The molecule has 3 nitrogen and oxygen atoms in total. The molecule has 0 saturated heterocycles. The van der Waals surface area contributed by atoms with E-state index in [4.69, 9.17) is 0 Å². The molecule has 0 radical (unpaired) electrons. The van der Waals surface area contributed by atoms with E-state index < -0.39 is 0 Å². The minimum absolute atomic E-state index is 0.0221. The quantitative estimate of drug-likeness (QED) is 0.760. The van der Waals surface area contributed by atoms with Crippen LogP contribution in [0.2, 0.25) is 0 Å². The molecule has 0 fully saturated rings. The minimum atomic E-state index is 0.0221. The molecule has 1 heterocycles. The third kappa shape index (κ3) is 2.85. The van der Waals surface area contributed by atoms with Crippen LogP contribution in [0.5, 0.6) is 0 Å². The van der Waals surface area contributed by atoms with Crippen molar-refractivity contribution in [2.45, 2.75) is 6.54 Å². The Bertz CT molecular complexity index is 794. The molecule has 3 rings (SSSR count). The zero-order chi connectivity index (χ0) is 14.8. The second-order valence-corrected chi connectivity index (χ2v) is 5.89. The van der Waals surface area contributed by atoms with Gasteiger partial charge in [0, 0.05) is 40.7 Å². The molecule has 3 aromatic rings. The lowest BCUT2D eigenvalue weighted by Gasteiger charge is -2.18. The largest absolute Gasteiger partial charge is 0.361 e. The lowest BCUT2D eigenvalue weighted by atomic mass is 10.1. The molecule has 0 unspecified atom stereocenters. The Balaban J connectivity index is 1.82. The first-order chi connectivity index (χ1) is 10.1. The van der Waals surface area contributed by atoms with Crippen molar-refractivity contribution in [3.63, 3.8) is 0 Å². The van der Waals surface area contributed by atoms with Gasteiger partial charge in [0.15, 0.2) is 0 Å². The van der Waals surface area contributed by atoms with Gasteiger partial charge in [-0.2, -0.15) is 0 Å². The average Bonchev–Trinajstić information content (AvgIpc) is 2.96. The number of hydrogen-bond acceptors (Lipinski definition) is 1. The maximum atomic E-state index is 12.5. The van der Waals surface area contributed by atoms with E-state index in [1.165, 1.54) is 0 Å². The lowest BCUT2D eigenvalue weighted by Crippen LogP contribution is -2.26. The zero-order valence-corrected chi connectivity index (χ0v) is 13.2. The van der Waals surface area contributed by atoms with Crippen molar-refractivity contribution in [1.29, 1.82) is 0 Å². The Kier molecular flexibility index (Phi) is 3.80. The number of nitrogens with one attached hydrogen (secondary N) is 1. The number of hydrogen-bond donors (Lipinski definition) is 1. The van der Waals surface area contributed by atoms with E-state index in [1.54, 1.807) is 4.90 Å². The molecule has 0 saturated carbocycles. The van der Waals surface area contributed by atoms with E-state index in [1.807, 2.05) is 61.8 Å². The topological polar surface area (TPSA) is 36.1 Å². The van der Waals surface area contributed by atoms with Gasteiger partial charge in [0.05, 0.1) is 0 Å². The molecular weight excluding hydrogens is 328 g/mol. The number of benzene rings is 2. The molecule has 0 aliphatic heterocycles. The Morgan fingerprint density at radius 2 is 2.00 bits per heavy atom. The van der Waals surface area contributed by atoms with E-state index in [0.29, 0.717) is 12.1 Å². The number of amides is 1. The highest BCUT2D eigenvalue weighted by atomic mass is 79.9. The number of aromatic amines is 1. The van der Waals surface area contributed by atoms with Crippen molar-refractivity contribution in [1.82, 2.24) is 9.88 Å². The molecule has 0 aliphatic carbocycles. The summed E-state index contributed by atoms with van der Waals surface area (Å²) in [7, 11) is 1.82. The normalized spacial score (nSPS) is 10.8. The smallest absolute Gasteiger partial charge is 0.253 e. The third-order valence-corrected chi connectivity index (χ3v) is 4.29. The van der Waals surface area contributed by atoms with Crippen LogP contribution in [0.1, 0.15) is 15.9 Å². The van der Waals surface area contributed by atoms with E-state index in [-0.39, 0.29) is 5.91 Å². The maximum absolute atomic E-state index is 12.5. The first-order valence-electron chi connectivity index (χ1n) is 6.71. The lowest BCUT2D eigenvalue weighted by molar-refractivity contribution is 0.0785. The van der Waals surface area contributed by atoms with E-state index in [2.05, 4.69) is 20.9 Å². The monoisotopic (exact) mass is 342 g/mol. The summed E-state index contributed by atoms with van der Waals surface area (Å²) in [4.78, 5) is 17.4. The number of rotatable bonds is 3. The van der Waals surface area contributed by atoms with Gasteiger partial charge in [-0.1, -0.05) is 34.1 Å². The van der Waals surface area contributed by atoms with Crippen molar-refractivity contribution in [3.8, 4) is 0 Å². The second kappa shape index (κ2) is 5.74. The van der Waals surface area contributed by atoms with Crippen LogP contribution in [0.15, 0.2) is 59.2 Å². The van der Waals surface area contributed by atoms with Crippen LogP contribution in [0.4, 0.5) is 0 Å². The van der Waals surface area contributed by atoms with Crippen molar-refractivity contribution < 1.29 is 4.79 Å². The highest BCUT2D eigenvalue weighted by Gasteiger charge is 2.13. The Morgan fingerprint density at radius 1 is 1.19 bits per heavy atom. The zero-order valence-electron chi connectivity index (χ0n) is 11.6. The summed E-state index contributed by atoms with van der Waals surface area (Å²) >= 11 is 3.52. The molecule has 2 aromatic carbocycles. The molecule has 1 N–H and O–H groups in total. The van der Waals surface area contributed by atoms with Gasteiger partial charge in [0.1, 0.15) is 0 Å². The number of halogens is 1.